The van der Waals surface area contributed by atoms with Gasteiger partial charge < -0.3 is 10.1 Å². The second-order valence-corrected chi connectivity index (χ2v) is 7.62. The number of aromatic nitrogens is 4. The lowest BCUT2D eigenvalue weighted by Crippen LogP contribution is -2.47. The van der Waals surface area contributed by atoms with Crippen molar-refractivity contribution in [2.75, 3.05) is 25.0 Å². The fraction of sp³-hybridized carbons (Fsp3) is 0.400. The van der Waals surface area contributed by atoms with Crippen LogP contribution < -0.4 is 10.1 Å². The number of fused-ring (bicyclic) bond motifs is 2. The predicted octanol–water partition coefficient (Wildman–Crippen LogP) is 2.90. The molecule has 0 amide bonds. The highest BCUT2D eigenvalue weighted by molar-refractivity contribution is 5.49. The zero-order valence-electron chi connectivity index (χ0n) is 16.3. The molecule has 2 aliphatic rings. The summed E-state index contributed by atoms with van der Waals surface area (Å²) in [5, 5.41) is 16.3. The molecule has 3 atom stereocenters. The molecule has 0 saturated carbocycles. The summed E-state index contributed by atoms with van der Waals surface area (Å²) in [6.07, 6.45) is -2.49. The number of nitriles is 1. The standard InChI is InChI=1S/C20H18F3N7O/c21-20(22,23)18-27-19-25-7-5-16(30(19)28-18)26-17-13-3-1-2-4-15(13)31-11-14(17)29-8-6-12(9-24)10-29/h1-5,7,12,14,17,26H,6,8,10-11H2. The number of para-hydroxylation sites is 1. The van der Waals surface area contributed by atoms with Gasteiger partial charge in [0.05, 0.1) is 24.1 Å². The summed E-state index contributed by atoms with van der Waals surface area (Å²) >= 11 is 0. The summed E-state index contributed by atoms with van der Waals surface area (Å²) < 4.78 is 46.4. The van der Waals surface area contributed by atoms with Gasteiger partial charge in [0.1, 0.15) is 18.2 Å². The molecule has 0 spiro atoms. The topological polar surface area (TPSA) is 91.4 Å². The average molecular weight is 429 g/mol. The Morgan fingerprint density at radius 3 is 2.84 bits per heavy atom. The van der Waals surface area contributed by atoms with Crippen molar-refractivity contribution in [1.82, 2.24) is 24.5 Å². The Kier molecular flexibility index (Phi) is 4.66. The van der Waals surface area contributed by atoms with Crippen LogP contribution in [0.15, 0.2) is 36.5 Å². The number of alkyl halides is 3. The molecule has 4 heterocycles. The first-order valence-corrected chi connectivity index (χ1v) is 9.85. The first-order chi connectivity index (χ1) is 14.9. The van der Waals surface area contributed by atoms with Gasteiger partial charge in [-0.1, -0.05) is 18.2 Å². The van der Waals surface area contributed by atoms with Crippen molar-refractivity contribution in [1.29, 1.82) is 5.26 Å². The third-order valence-electron chi connectivity index (χ3n) is 5.72. The fourth-order valence-electron chi connectivity index (χ4n) is 4.21. The van der Waals surface area contributed by atoms with E-state index in [1.54, 1.807) is 6.07 Å². The van der Waals surface area contributed by atoms with Gasteiger partial charge in [-0.15, -0.1) is 5.10 Å². The van der Waals surface area contributed by atoms with Gasteiger partial charge in [0.25, 0.3) is 11.6 Å². The smallest absolute Gasteiger partial charge is 0.453 e. The average Bonchev–Trinajstić information content (AvgIpc) is 3.41. The van der Waals surface area contributed by atoms with Gasteiger partial charge in [-0.05, 0) is 18.6 Å². The number of hydrogen-bond acceptors (Lipinski definition) is 7. The van der Waals surface area contributed by atoms with E-state index in [0.717, 1.165) is 23.0 Å². The molecule has 2 aliphatic heterocycles. The van der Waals surface area contributed by atoms with E-state index < -0.39 is 12.0 Å². The van der Waals surface area contributed by atoms with Crippen molar-refractivity contribution in [3.63, 3.8) is 0 Å². The molecule has 5 rings (SSSR count). The van der Waals surface area contributed by atoms with Crippen molar-refractivity contribution in [3.8, 4) is 11.8 Å². The molecule has 0 radical (unpaired) electrons. The largest absolute Gasteiger partial charge is 0.491 e. The lowest BCUT2D eigenvalue weighted by atomic mass is 9.95. The molecule has 1 aromatic carbocycles. The third kappa shape index (κ3) is 3.53. The van der Waals surface area contributed by atoms with Crippen LogP contribution in [0.2, 0.25) is 0 Å². The van der Waals surface area contributed by atoms with Crippen LogP contribution in [0.5, 0.6) is 5.75 Å². The number of hydrogen-bond donors (Lipinski definition) is 1. The van der Waals surface area contributed by atoms with E-state index >= 15 is 0 Å². The normalized spacial score (nSPS) is 23.9. The number of benzene rings is 1. The van der Waals surface area contributed by atoms with Crippen LogP contribution in [-0.4, -0.2) is 50.2 Å². The van der Waals surface area contributed by atoms with E-state index in [9.17, 15) is 18.4 Å². The van der Waals surface area contributed by atoms with E-state index in [1.807, 2.05) is 24.3 Å². The summed E-state index contributed by atoms with van der Waals surface area (Å²) in [4.78, 5) is 9.61. The van der Waals surface area contributed by atoms with Gasteiger partial charge in [-0.3, -0.25) is 4.90 Å². The second kappa shape index (κ2) is 7.39. The van der Waals surface area contributed by atoms with Gasteiger partial charge in [-0.2, -0.15) is 27.9 Å². The minimum atomic E-state index is -4.67. The van der Waals surface area contributed by atoms with E-state index in [-0.39, 0.29) is 23.8 Å². The zero-order valence-corrected chi connectivity index (χ0v) is 16.3. The molecule has 2 aromatic heterocycles. The highest BCUT2D eigenvalue weighted by Gasteiger charge is 2.39. The highest BCUT2D eigenvalue weighted by Crippen LogP contribution is 2.38. The monoisotopic (exact) mass is 429 g/mol. The number of ether oxygens (including phenoxy) is 1. The molecule has 0 aliphatic carbocycles. The Morgan fingerprint density at radius 2 is 2.06 bits per heavy atom. The van der Waals surface area contributed by atoms with E-state index in [1.165, 1.54) is 6.20 Å². The van der Waals surface area contributed by atoms with Gasteiger partial charge in [0.15, 0.2) is 0 Å². The lowest BCUT2D eigenvalue weighted by Gasteiger charge is -2.39. The lowest BCUT2D eigenvalue weighted by molar-refractivity contribution is -0.144. The molecule has 31 heavy (non-hydrogen) atoms. The molecule has 1 fully saturated rings. The Morgan fingerprint density at radius 1 is 1.23 bits per heavy atom. The van der Waals surface area contributed by atoms with Crippen LogP contribution in [-0.2, 0) is 6.18 Å². The number of nitrogens with one attached hydrogen (secondary N) is 1. The Labute approximate surface area is 175 Å². The van der Waals surface area contributed by atoms with Gasteiger partial charge >= 0.3 is 6.18 Å². The molecule has 11 heteroatoms. The van der Waals surface area contributed by atoms with Crippen molar-refractivity contribution < 1.29 is 17.9 Å². The maximum absolute atomic E-state index is 13.1. The van der Waals surface area contributed by atoms with Crippen molar-refractivity contribution in [3.05, 3.63) is 47.9 Å². The molecule has 8 nitrogen and oxygen atoms in total. The number of nitrogens with zero attached hydrogens (tertiary/aromatic N) is 6. The molecular formula is C20H18F3N7O. The SMILES string of the molecule is N#CC1CCN(C2COc3ccccc3C2Nc2ccnc3nc(C(F)(F)F)nn23)C1. The third-order valence-corrected chi connectivity index (χ3v) is 5.72. The fourth-order valence-corrected chi connectivity index (χ4v) is 4.21. The molecule has 1 N–H and O–H groups in total. The quantitative estimate of drug-likeness (QED) is 0.685. The maximum atomic E-state index is 13.1. The first kappa shape index (κ1) is 19.6. The Bertz CT molecular complexity index is 1160. The molecule has 160 valence electrons. The molecular weight excluding hydrogens is 411 g/mol. The van der Waals surface area contributed by atoms with Crippen LogP contribution in [0.3, 0.4) is 0 Å². The van der Waals surface area contributed by atoms with E-state index in [0.29, 0.717) is 24.7 Å². The highest BCUT2D eigenvalue weighted by atomic mass is 19.4. The van der Waals surface area contributed by atoms with E-state index in [4.69, 9.17) is 4.74 Å². The van der Waals surface area contributed by atoms with Crippen LogP contribution in [0.25, 0.3) is 5.78 Å². The van der Waals surface area contributed by atoms with Crippen molar-refractivity contribution >= 4 is 11.6 Å². The maximum Gasteiger partial charge on any atom is 0.453 e. The van der Waals surface area contributed by atoms with Crippen LogP contribution in [0.1, 0.15) is 23.9 Å². The second-order valence-electron chi connectivity index (χ2n) is 7.62. The Hall–Kier alpha value is -3.39. The first-order valence-electron chi connectivity index (χ1n) is 9.85. The van der Waals surface area contributed by atoms with Crippen molar-refractivity contribution in [2.45, 2.75) is 24.7 Å². The number of halogens is 3. The van der Waals surface area contributed by atoms with Crippen LogP contribution >= 0.6 is 0 Å². The summed E-state index contributed by atoms with van der Waals surface area (Å²) in [6.45, 7) is 1.77. The number of rotatable bonds is 3. The van der Waals surface area contributed by atoms with Crippen LogP contribution in [0.4, 0.5) is 19.0 Å². The Balaban J connectivity index is 1.53. The molecule has 0 bridgehead atoms. The summed E-state index contributed by atoms with van der Waals surface area (Å²) in [6, 6.07) is 11.0. The molecule has 1 saturated heterocycles. The zero-order chi connectivity index (χ0) is 21.6. The van der Waals surface area contributed by atoms with Gasteiger partial charge in [-0.25, -0.2) is 4.98 Å². The predicted molar refractivity (Wildman–Crippen MR) is 103 cm³/mol. The van der Waals surface area contributed by atoms with Gasteiger partial charge in [0.2, 0.25) is 0 Å². The molecule has 3 aromatic rings. The summed E-state index contributed by atoms with van der Waals surface area (Å²) in [5.41, 5.74) is 0.889. The molecule has 3 unspecified atom stereocenters. The minimum Gasteiger partial charge on any atom is -0.491 e. The van der Waals surface area contributed by atoms with Crippen molar-refractivity contribution in [2.24, 2.45) is 5.92 Å². The summed E-state index contributed by atoms with van der Waals surface area (Å²) in [7, 11) is 0. The van der Waals surface area contributed by atoms with Gasteiger partial charge in [0, 0.05) is 24.8 Å². The number of anilines is 1. The van der Waals surface area contributed by atoms with Crippen LogP contribution in [0, 0.1) is 17.2 Å². The minimum absolute atomic E-state index is 0.0462. The number of likely N-dealkylation sites (tertiary alicyclic amines) is 1. The van der Waals surface area contributed by atoms with E-state index in [2.05, 4.69) is 31.4 Å². The summed E-state index contributed by atoms with van der Waals surface area (Å²) in [5.74, 6) is -0.368.